The van der Waals surface area contributed by atoms with Crippen molar-refractivity contribution in [3.8, 4) is 11.3 Å². The number of carbonyl (C=O) groups is 1. The monoisotopic (exact) mass is 450 g/mol. The van der Waals surface area contributed by atoms with E-state index in [9.17, 15) is 18.7 Å². The van der Waals surface area contributed by atoms with Gasteiger partial charge in [-0.2, -0.15) is 0 Å². The molecule has 1 amide bonds. The fourth-order valence-corrected chi connectivity index (χ4v) is 3.45. The maximum absolute atomic E-state index is 14.5. The Kier molecular flexibility index (Phi) is 6.14. The van der Waals surface area contributed by atoms with Crippen LogP contribution in [-0.4, -0.2) is 33.2 Å². The summed E-state index contributed by atoms with van der Waals surface area (Å²) in [6.07, 6.45) is 5.17. The first-order valence-corrected chi connectivity index (χ1v) is 10.0. The molecule has 0 radical (unpaired) electrons. The van der Waals surface area contributed by atoms with Gasteiger partial charge in [0.15, 0.2) is 11.5 Å². The minimum atomic E-state index is -0.860. The topological polar surface area (TPSA) is 110 Å². The van der Waals surface area contributed by atoms with E-state index < -0.39 is 29.7 Å². The summed E-state index contributed by atoms with van der Waals surface area (Å²) in [7, 11) is 0. The number of benzene rings is 1. The number of pyridine rings is 2. The van der Waals surface area contributed by atoms with Crippen LogP contribution in [0.1, 0.15) is 22.5 Å². The molecule has 1 unspecified atom stereocenters. The first kappa shape index (κ1) is 22.1. The number of halogens is 2. The number of aromatic nitrogens is 2. The number of hydrogen-bond donors (Lipinski definition) is 3. The fraction of sp³-hybridized carbons (Fsp3) is 0.125. The molecule has 1 aliphatic rings. The second-order valence-electron chi connectivity index (χ2n) is 7.34. The SMILES string of the molecule is C=C[C@@H]1CC(O)C=C(c2ccncc2NC(=O)c2nc(-c3ccccc3F)c(F)cc2N)O1. The third kappa shape index (κ3) is 4.58. The maximum atomic E-state index is 14.5. The highest BCUT2D eigenvalue weighted by Gasteiger charge is 2.24. The fourth-order valence-electron chi connectivity index (χ4n) is 3.45. The van der Waals surface area contributed by atoms with Crippen molar-refractivity contribution in [1.29, 1.82) is 0 Å². The Balaban J connectivity index is 1.69. The van der Waals surface area contributed by atoms with Gasteiger partial charge in [-0.25, -0.2) is 13.8 Å². The number of aliphatic hydroxyl groups excluding tert-OH is 1. The molecule has 168 valence electrons. The molecule has 0 bridgehead atoms. The third-order valence-corrected chi connectivity index (χ3v) is 5.04. The van der Waals surface area contributed by atoms with Crippen LogP contribution in [-0.2, 0) is 4.74 Å². The highest BCUT2D eigenvalue weighted by atomic mass is 19.1. The number of nitrogen functional groups attached to an aromatic ring is 1. The molecule has 4 N–H and O–H groups in total. The number of amides is 1. The van der Waals surface area contributed by atoms with E-state index >= 15 is 0 Å². The lowest BCUT2D eigenvalue weighted by molar-refractivity contribution is 0.102. The molecule has 2 atom stereocenters. The molecule has 0 fully saturated rings. The Hall–Kier alpha value is -4.11. The second-order valence-corrected chi connectivity index (χ2v) is 7.34. The van der Waals surface area contributed by atoms with Gasteiger partial charge in [0.05, 0.1) is 23.7 Å². The summed E-state index contributed by atoms with van der Waals surface area (Å²) in [6, 6.07) is 8.03. The van der Waals surface area contributed by atoms with E-state index in [4.69, 9.17) is 10.5 Å². The average Bonchev–Trinajstić information content (AvgIpc) is 2.79. The first-order valence-electron chi connectivity index (χ1n) is 10.0. The van der Waals surface area contributed by atoms with Crippen LogP contribution in [0.5, 0.6) is 0 Å². The predicted molar refractivity (Wildman–Crippen MR) is 120 cm³/mol. The van der Waals surface area contributed by atoms with E-state index in [1.54, 1.807) is 12.1 Å². The standard InChI is InChI=1S/C24H20F2N4O3/c1-2-14-9-13(31)10-21(33-14)16-7-8-28-12-20(16)29-24(32)23-19(27)11-18(26)22(30-23)15-5-3-4-6-17(15)25/h2-8,10-14,31H,1,9,27H2,(H,29,32)/t13?,14-/m1/s1. The summed E-state index contributed by atoms with van der Waals surface area (Å²) < 4.78 is 34.5. The number of ether oxygens (including phenoxy) is 1. The molecule has 0 saturated carbocycles. The molecule has 0 spiro atoms. The van der Waals surface area contributed by atoms with Crippen molar-refractivity contribution in [2.24, 2.45) is 0 Å². The van der Waals surface area contributed by atoms with Crippen LogP contribution in [0, 0.1) is 11.6 Å². The summed E-state index contributed by atoms with van der Waals surface area (Å²) in [5.41, 5.74) is 5.61. The molecule has 0 saturated heterocycles. The molecule has 33 heavy (non-hydrogen) atoms. The van der Waals surface area contributed by atoms with Gasteiger partial charge < -0.3 is 20.9 Å². The van der Waals surface area contributed by atoms with E-state index in [0.717, 1.165) is 12.1 Å². The van der Waals surface area contributed by atoms with Gasteiger partial charge in [-0.15, -0.1) is 0 Å². The molecule has 3 aromatic rings. The Morgan fingerprint density at radius 2 is 2.03 bits per heavy atom. The lowest BCUT2D eigenvalue weighted by Gasteiger charge is -2.26. The molecule has 7 nitrogen and oxygen atoms in total. The van der Waals surface area contributed by atoms with Gasteiger partial charge in [0.2, 0.25) is 0 Å². The van der Waals surface area contributed by atoms with Gasteiger partial charge >= 0.3 is 0 Å². The number of hydrogen-bond acceptors (Lipinski definition) is 6. The Bertz CT molecular complexity index is 1260. The van der Waals surface area contributed by atoms with E-state index in [1.165, 1.54) is 36.7 Å². The van der Waals surface area contributed by atoms with E-state index in [1.807, 2.05) is 0 Å². The van der Waals surface area contributed by atoms with Crippen LogP contribution in [0.3, 0.4) is 0 Å². The summed E-state index contributed by atoms with van der Waals surface area (Å²) in [6.45, 7) is 3.69. The Morgan fingerprint density at radius 3 is 2.79 bits per heavy atom. The number of aliphatic hydroxyl groups is 1. The highest BCUT2D eigenvalue weighted by molar-refractivity contribution is 6.07. The van der Waals surface area contributed by atoms with Crippen molar-refractivity contribution in [2.75, 3.05) is 11.1 Å². The molecule has 0 aliphatic carbocycles. The zero-order valence-electron chi connectivity index (χ0n) is 17.3. The zero-order valence-corrected chi connectivity index (χ0v) is 17.3. The Labute approximate surface area is 188 Å². The smallest absolute Gasteiger partial charge is 0.276 e. The number of carbonyl (C=O) groups excluding carboxylic acids is 1. The molecular weight excluding hydrogens is 430 g/mol. The van der Waals surface area contributed by atoms with Crippen LogP contribution in [0.4, 0.5) is 20.2 Å². The lowest BCUT2D eigenvalue weighted by atomic mass is 10.0. The van der Waals surface area contributed by atoms with E-state index in [2.05, 4.69) is 21.9 Å². The highest BCUT2D eigenvalue weighted by Crippen LogP contribution is 2.31. The largest absolute Gasteiger partial charge is 0.486 e. The van der Waals surface area contributed by atoms with Gasteiger partial charge in [-0.3, -0.25) is 9.78 Å². The maximum Gasteiger partial charge on any atom is 0.276 e. The van der Waals surface area contributed by atoms with Crippen LogP contribution in [0.15, 0.2) is 67.5 Å². The summed E-state index contributed by atoms with van der Waals surface area (Å²) in [5, 5.41) is 12.8. The van der Waals surface area contributed by atoms with E-state index in [-0.39, 0.29) is 28.3 Å². The van der Waals surface area contributed by atoms with Crippen molar-refractivity contribution in [3.05, 3.63) is 90.4 Å². The zero-order chi connectivity index (χ0) is 23.5. The van der Waals surface area contributed by atoms with Crippen LogP contribution in [0.2, 0.25) is 0 Å². The second kappa shape index (κ2) is 9.17. The van der Waals surface area contributed by atoms with Crippen molar-refractivity contribution in [1.82, 2.24) is 9.97 Å². The average molecular weight is 450 g/mol. The normalized spacial score (nSPS) is 17.6. The molecule has 9 heteroatoms. The van der Waals surface area contributed by atoms with Gasteiger partial charge in [0.25, 0.3) is 5.91 Å². The number of nitrogens with zero attached hydrogens (tertiary/aromatic N) is 2. The summed E-state index contributed by atoms with van der Waals surface area (Å²) >= 11 is 0. The van der Waals surface area contributed by atoms with Gasteiger partial charge in [-0.1, -0.05) is 24.8 Å². The van der Waals surface area contributed by atoms with Crippen molar-refractivity contribution in [2.45, 2.75) is 18.6 Å². The van der Waals surface area contributed by atoms with Crippen LogP contribution >= 0.6 is 0 Å². The molecular formula is C24H20F2N4O3. The quantitative estimate of drug-likeness (QED) is 0.508. The minimum Gasteiger partial charge on any atom is -0.486 e. The van der Waals surface area contributed by atoms with E-state index in [0.29, 0.717) is 17.7 Å². The van der Waals surface area contributed by atoms with Gasteiger partial charge in [-0.05, 0) is 24.3 Å². The predicted octanol–water partition coefficient (Wildman–Crippen LogP) is 3.93. The minimum absolute atomic E-state index is 0.101. The van der Waals surface area contributed by atoms with Gasteiger partial charge in [0, 0.05) is 29.8 Å². The third-order valence-electron chi connectivity index (χ3n) is 5.04. The summed E-state index contributed by atoms with van der Waals surface area (Å²) in [4.78, 5) is 21.0. The van der Waals surface area contributed by atoms with Crippen molar-refractivity contribution >= 4 is 23.0 Å². The molecule has 1 aromatic carbocycles. The number of rotatable bonds is 5. The van der Waals surface area contributed by atoms with Crippen LogP contribution < -0.4 is 11.1 Å². The number of nitrogens with one attached hydrogen (secondary N) is 1. The van der Waals surface area contributed by atoms with Gasteiger partial charge in [0.1, 0.15) is 23.4 Å². The molecule has 3 heterocycles. The molecule has 2 aromatic heterocycles. The Morgan fingerprint density at radius 1 is 1.24 bits per heavy atom. The lowest BCUT2D eigenvalue weighted by Crippen LogP contribution is -2.23. The molecule has 4 rings (SSSR count). The number of anilines is 2. The first-order chi connectivity index (χ1) is 15.9. The molecule has 1 aliphatic heterocycles. The van der Waals surface area contributed by atoms with Crippen LogP contribution in [0.25, 0.3) is 17.0 Å². The van der Waals surface area contributed by atoms with Crippen molar-refractivity contribution < 1.29 is 23.4 Å². The van der Waals surface area contributed by atoms with Crippen molar-refractivity contribution in [3.63, 3.8) is 0 Å². The number of nitrogens with two attached hydrogens (primary N) is 1. The summed E-state index contributed by atoms with van der Waals surface area (Å²) in [5.74, 6) is -1.97.